The molecular weight excluding hydrogens is 502 g/mol. The average Bonchev–Trinajstić information content (AvgIpc) is 2.88. The molecule has 0 unspecified atom stereocenters. The molecule has 1 heterocycles. The number of hydrogen-bond donors (Lipinski definition) is 2. The summed E-state index contributed by atoms with van der Waals surface area (Å²) < 4.78 is 34.1. The zero-order chi connectivity index (χ0) is 25.9. The molecule has 2 amide bonds. The molecule has 8 nitrogen and oxygen atoms in total. The predicted molar refractivity (Wildman–Crippen MR) is 139 cm³/mol. The van der Waals surface area contributed by atoms with Crippen molar-refractivity contribution in [2.24, 2.45) is 0 Å². The second-order valence-corrected chi connectivity index (χ2v) is 10.7. The average molecular weight is 528 g/mol. The molecule has 188 valence electrons. The summed E-state index contributed by atoms with van der Waals surface area (Å²) >= 11 is 5.93. The maximum atomic E-state index is 13.5. The fraction of sp³-hybridized carbons (Fsp3) is 0.231. The number of nitrogens with zero attached hydrogens (tertiary/aromatic N) is 1. The number of para-hydroxylation sites is 3. The second kappa shape index (κ2) is 10.6. The number of benzene rings is 3. The SMILES string of the molecule is CC[C@H](C)NC(=O)c1ccccc1NC(=O)[C@H]1CN(S(=O)(=O)c2ccc(Cl)cc2)c2ccccc2O1. The quantitative estimate of drug-likeness (QED) is 0.472. The number of rotatable bonds is 7. The lowest BCUT2D eigenvalue weighted by atomic mass is 10.1. The van der Waals surface area contributed by atoms with Crippen molar-refractivity contribution in [3.05, 3.63) is 83.4 Å². The monoisotopic (exact) mass is 527 g/mol. The molecule has 2 atom stereocenters. The van der Waals surface area contributed by atoms with E-state index in [2.05, 4.69) is 10.6 Å². The number of ether oxygens (including phenoxy) is 1. The summed E-state index contributed by atoms with van der Waals surface area (Å²) in [6.45, 7) is 3.60. The molecule has 3 aromatic carbocycles. The smallest absolute Gasteiger partial charge is 0.267 e. The zero-order valence-electron chi connectivity index (χ0n) is 19.8. The van der Waals surface area contributed by atoms with E-state index < -0.39 is 22.0 Å². The molecule has 1 aliphatic heterocycles. The van der Waals surface area contributed by atoms with Gasteiger partial charge < -0.3 is 15.4 Å². The van der Waals surface area contributed by atoms with Crippen LogP contribution in [0, 0.1) is 0 Å². The lowest BCUT2D eigenvalue weighted by Crippen LogP contribution is -2.49. The van der Waals surface area contributed by atoms with Crippen LogP contribution >= 0.6 is 11.6 Å². The molecule has 0 spiro atoms. The van der Waals surface area contributed by atoms with Gasteiger partial charge >= 0.3 is 0 Å². The summed E-state index contributed by atoms with van der Waals surface area (Å²) in [5.74, 6) is -0.643. The minimum Gasteiger partial charge on any atom is -0.476 e. The van der Waals surface area contributed by atoms with Crippen LogP contribution in [0.1, 0.15) is 30.6 Å². The lowest BCUT2D eigenvalue weighted by Gasteiger charge is -2.34. The number of sulfonamides is 1. The third kappa shape index (κ3) is 5.32. The van der Waals surface area contributed by atoms with Crippen LogP contribution in [0.15, 0.2) is 77.7 Å². The van der Waals surface area contributed by atoms with Crippen molar-refractivity contribution >= 4 is 44.8 Å². The number of anilines is 2. The number of halogens is 1. The summed E-state index contributed by atoms with van der Waals surface area (Å²) in [4.78, 5) is 26.0. The molecule has 0 fully saturated rings. The van der Waals surface area contributed by atoms with Crippen LogP contribution < -0.4 is 19.7 Å². The van der Waals surface area contributed by atoms with Gasteiger partial charge in [0.2, 0.25) is 0 Å². The summed E-state index contributed by atoms with van der Waals surface area (Å²) in [5, 5.41) is 6.03. The summed E-state index contributed by atoms with van der Waals surface area (Å²) in [5.41, 5.74) is 0.927. The molecule has 0 aromatic heterocycles. The molecule has 0 bridgehead atoms. The van der Waals surface area contributed by atoms with Gasteiger partial charge in [0.05, 0.1) is 28.4 Å². The van der Waals surface area contributed by atoms with Crippen molar-refractivity contribution in [1.29, 1.82) is 0 Å². The first-order chi connectivity index (χ1) is 17.2. The number of carbonyl (C=O) groups excluding carboxylic acids is 2. The normalized spacial score (nSPS) is 15.9. The topological polar surface area (TPSA) is 105 Å². The largest absolute Gasteiger partial charge is 0.476 e. The van der Waals surface area contributed by atoms with E-state index in [0.29, 0.717) is 22.0 Å². The highest BCUT2D eigenvalue weighted by Gasteiger charge is 2.37. The highest BCUT2D eigenvalue weighted by Crippen LogP contribution is 2.37. The van der Waals surface area contributed by atoms with E-state index in [1.807, 2.05) is 13.8 Å². The van der Waals surface area contributed by atoms with Crippen molar-refractivity contribution in [3.63, 3.8) is 0 Å². The minimum absolute atomic E-state index is 0.0360. The van der Waals surface area contributed by atoms with Crippen molar-refractivity contribution < 1.29 is 22.7 Å². The minimum atomic E-state index is -4.02. The number of nitrogens with one attached hydrogen (secondary N) is 2. The van der Waals surface area contributed by atoms with Gasteiger partial charge in [0.1, 0.15) is 5.75 Å². The highest BCUT2D eigenvalue weighted by molar-refractivity contribution is 7.92. The van der Waals surface area contributed by atoms with E-state index in [4.69, 9.17) is 16.3 Å². The number of hydrogen-bond acceptors (Lipinski definition) is 5. The Morgan fingerprint density at radius 3 is 2.44 bits per heavy atom. The summed E-state index contributed by atoms with van der Waals surface area (Å²) in [6.07, 6.45) is -0.402. The standard InChI is InChI=1S/C26H26ClN3O5S/c1-3-17(2)28-25(31)20-8-4-5-9-21(20)29-26(32)24-16-30(22-10-6-7-11-23(22)35-24)36(33,34)19-14-12-18(27)13-15-19/h4-15,17,24H,3,16H2,1-2H3,(H,28,31)(H,29,32)/t17-,24+/m0/s1. The van der Waals surface area contributed by atoms with Gasteiger partial charge in [0.15, 0.2) is 6.10 Å². The number of carbonyl (C=O) groups is 2. The van der Waals surface area contributed by atoms with Gasteiger partial charge in [-0.2, -0.15) is 0 Å². The van der Waals surface area contributed by atoms with Gasteiger partial charge in [-0.15, -0.1) is 0 Å². The zero-order valence-corrected chi connectivity index (χ0v) is 21.3. The fourth-order valence-corrected chi connectivity index (χ4v) is 5.31. The Bertz CT molecular complexity index is 1380. The van der Waals surface area contributed by atoms with Gasteiger partial charge in [-0.3, -0.25) is 13.9 Å². The van der Waals surface area contributed by atoms with E-state index in [1.165, 1.54) is 24.3 Å². The van der Waals surface area contributed by atoms with E-state index in [-0.39, 0.29) is 29.1 Å². The van der Waals surface area contributed by atoms with Gasteiger partial charge in [-0.1, -0.05) is 42.8 Å². The van der Waals surface area contributed by atoms with Gasteiger partial charge in [0, 0.05) is 11.1 Å². The number of amides is 2. The van der Waals surface area contributed by atoms with E-state index in [9.17, 15) is 18.0 Å². The Morgan fingerprint density at radius 1 is 1.06 bits per heavy atom. The van der Waals surface area contributed by atoms with Crippen molar-refractivity contribution in [2.45, 2.75) is 37.3 Å². The summed E-state index contributed by atoms with van der Waals surface area (Å²) in [6, 6.07) is 19.0. The van der Waals surface area contributed by atoms with Crippen molar-refractivity contribution in [2.75, 3.05) is 16.2 Å². The Labute approximate surface area is 215 Å². The third-order valence-electron chi connectivity index (χ3n) is 5.85. The van der Waals surface area contributed by atoms with Gasteiger partial charge in [-0.25, -0.2) is 8.42 Å². The first-order valence-electron chi connectivity index (χ1n) is 11.5. The van der Waals surface area contributed by atoms with E-state index >= 15 is 0 Å². The summed E-state index contributed by atoms with van der Waals surface area (Å²) in [7, 11) is -4.02. The van der Waals surface area contributed by atoms with Crippen LogP contribution in [-0.4, -0.2) is 38.9 Å². The number of fused-ring (bicyclic) bond motifs is 1. The second-order valence-electron chi connectivity index (χ2n) is 8.38. The molecule has 3 aromatic rings. The lowest BCUT2D eigenvalue weighted by molar-refractivity contribution is -0.122. The first-order valence-corrected chi connectivity index (χ1v) is 13.3. The van der Waals surface area contributed by atoms with Crippen LogP contribution in [0.25, 0.3) is 0 Å². The Morgan fingerprint density at radius 2 is 1.72 bits per heavy atom. The maximum absolute atomic E-state index is 13.5. The predicted octanol–water partition coefficient (Wildman–Crippen LogP) is 4.46. The third-order valence-corrected chi connectivity index (χ3v) is 7.89. The van der Waals surface area contributed by atoms with Crippen LogP contribution in [0.3, 0.4) is 0 Å². The van der Waals surface area contributed by atoms with E-state index in [1.54, 1.807) is 48.5 Å². The van der Waals surface area contributed by atoms with Crippen LogP contribution in [0.5, 0.6) is 5.75 Å². The molecule has 10 heteroatoms. The maximum Gasteiger partial charge on any atom is 0.267 e. The molecule has 0 saturated heterocycles. The molecule has 2 N–H and O–H groups in total. The molecule has 0 saturated carbocycles. The Balaban J connectivity index is 1.62. The van der Waals surface area contributed by atoms with Crippen molar-refractivity contribution in [1.82, 2.24) is 5.32 Å². The molecule has 36 heavy (non-hydrogen) atoms. The van der Waals surface area contributed by atoms with E-state index in [0.717, 1.165) is 10.7 Å². The molecular formula is C26H26ClN3O5S. The van der Waals surface area contributed by atoms with Gasteiger partial charge in [0.25, 0.3) is 21.8 Å². The van der Waals surface area contributed by atoms with Crippen LogP contribution in [-0.2, 0) is 14.8 Å². The molecule has 0 aliphatic carbocycles. The molecule has 1 aliphatic rings. The Kier molecular flexibility index (Phi) is 7.51. The van der Waals surface area contributed by atoms with Crippen LogP contribution in [0.4, 0.5) is 11.4 Å². The molecule has 4 rings (SSSR count). The van der Waals surface area contributed by atoms with Crippen molar-refractivity contribution in [3.8, 4) is 5.75 Å². The van der Waals surface area contributed by atoms with Gasteiger partial charge in [-0.05, 0) is 61.9 Å². The fourth-order valence-electron chi connectivity index (χ4n) is 3.71. The first kappa shape index (κ1) is 25.5. The molecule has 0 radical (unpaired) electrons. The Hall–Kier alpha value is -3.56. The van der Waals surface area contributed by atoms with Crippen LogP contribution in [0.2, 0.25) is 5.02 Å². The highest BCUT2D eigenvalue weighted by atomic mass is 35.5.